The maximum absolute atomic E-state index is 14.4. The molecule has 1 aliphatic heterocycles. The summed E-state index contributed by atoms with van der Waals surface area (Å²) in [6.45, 7) is 0. The second-order valence-corrected chi connectivity index (χ2v) is 9.06. The summed E-state index contributed by atoms with van der Waals surface area (Å²) < 4.78 is 41.9. The number of benzene rings is 2. The van der Waals surface area contributed by atoms with E-state index in [0.717, 1.165) is 17.8 Å². The number of aryl methyl sites for hydroxylation is 1. The van der Waals surface area contributed by atoms with Crippen LogP contribution < -0.4 is 10.0 Å². The van der Waals surface area contributed by atoms with Gasteiger partial charge in [0.2, 0.25) is 5.91 Å². The zero-order valence-corrected chi connectivity index (χ0v) is 16.8. The molecule has 2 amide bonds. The monoisotopic (exact) mass is 423 g/mol. The molecule has 2 aromatic carbocycles. The molecule has 0 radical (unpaired) electrons. The molecular weight excluding hydrogens is 405 g/mol. The lowest BCUT2D eigenvalue weighted by atomic mass is 10.0. The average molecular weight is 423 g/mol. The molecule has 0 fully saturated rings. The second-order valence-electron chi connectivity index (χ2n) is 6.38. The van der Waals surface area contributed by atoms with E-state index >= 15 is 0 Å². The standard InChI is InChI=1S/C18H18FN3O4S2/c1-22(2)18(24)27-13-6-4-12(5-7-13)21-28(25,26)16-9-11-3-8-17(23)20-15(11)10-14(16)19/h4-7,9-10,21H,3,8H2,1-2H3,(H,20,23). The lowest BCUT2D eigenvalue weighted by Crippen LogP contribution is -2.21. The number of hydrogen-bond acceptors (Lipinski definition) is 5. The Morgan fingerprint density at radius 2 is 1.86 bits per heavy atom. The summed E-state index contributed by atoms with van der Waals surface area (Å²) in [5, 5.41) is 2.38. The molecule has 0 spiro atoms. The van der Waals surface area contributed by atoms with Gasteiger partial charge >= 0.3 is 0 Å². The molecule has 28 heavy (non-hydrogen) atoms. The van der Waals surface area contributed by atoms with Gasteiger partial charge in [0.25, 0.3) is 15.3 Å². The van der Waals surface area contributed by atoms with E-state index < -0.39 is 20.7 Å². The molecule has 0 bridgehead atoms. The van der Waals surface area contributed by atoms with Crippen LogP contribution in [0.1, 0.15) is 12.0 Å². The average Bonchev–Trinajstić information content (AvgIpc) is 2.62. The minimum Gasteiger partial charge on any atom is -0.339 e. The number of thioether (sulfide) groups is 1. The molecule has 7 nitrogen and oxygen atoms in total. The molecule has 1 heterocycles. The van der Waals surface area contributed by atoms with Gasteiger partial charge in [-0.05, 0) is 60.1 Å². The van der Waals surface area contributed by atoms with Crippen molar-refractivity contribution in [3.63, 3.8) is 0 Å². The second kappa shape index (κ2) is 7.80. The van der Waals surface area contributed by atoms with Crippen molar-refractivity contribution < 1.29 is 22.4 Å². The SMILES string of the molecule is CN(C)C(=O)Sc1ccc(NS(=O)(=O)c2cc3c(cc2F)NC(=O)CC3)cc1. The number of carbonyl (C=O) groups is 2. The fraction of sp³-hybridized carbons (Fsp3) is 0.222. The van der Waals surface area contributed by atoms with Crippen LogP contribution in [0.3, 0.4) is 0 Å². The van der Waals surface area contributed by atoms with Crippen LogP contribution in [0, 0.1) is 5.82 Å². The first kappa shape index (κ1) is 20.2. The van der Waals surface area contributed by atoms with Crippen molar-refractivity contribution in [2.75, 3.05) is 24.1 Å². The zero-order chi connectivity index (χ0) is 20.5. The van der Waals surface area contributed by atoms with Crippen molar-refractivity contribution in [2.45, 2.75) is 22.6 Å². The van der Waals surface area contributed by atoms with Crippen LogP contribution in [0.5, 0.6) is 0 Å². The molecule has 2 N–H and O–H groups in total. The Balaban J connectivity index is 1.80. The predicted octanol–water partition coefficient (Wildman–Crippen LogP) is 3.28. The van der Waals surface area contributed by atoms with Gasteiger partial charge < -0.3 is 10.2 Å². The minimum absolute atomic E-state index is 0.156. The Morgan fingerprint density at radius 3 is 2.50 bits per heavy atom. The van der Waals surface area contributed by atoms with Gasteiger partial charge in [-0.2, -0.15) is 0 Å². The zero-order valence-electron chi connectivity index (χ0n) is 15.2. The number of halogens is 1. The van der Waals surface area contributed by atoms with E-state index in [4.69, 9.17) is 0 Å². The fourth-order valence-electron chi connectivity index (χ4n) is 2.58. The van der Waals surface area contributed by atoms with Gasteiger partial charge in [-0.1, -0.05) is 0 Å². The minimum atomic E-state index is -4.16. The van der Waals surface area contributed by atoms with E-state index in [-0.39, 0.29) is 23.3 Å². The Bertz CT molecular complexity index is 1040. The van der Waals surface area contributed by atoms with Crippen molar-refractivity contribution in [1.82, 2.24) is 4.90 Å². The smallest absolute Gasteiger partial charge is 0.285 e. The van der Waals surface area contributed by atoms with Crippen LogP contribution in [-0.4, -0.2) is 38.6 Å². The van der Waals surface area contributed by atoms with Gasteiger partial charge in [0.1, 0.15) is 10.7 Å². The summed E-state index contributed by atoms with van der Waals surface area (Å²) in [6.07, 6.45) is 0.562. The quantitative estimate of drug-likeness (QED) is 0.736. The molecule has 0 aromatic heterocycles. The Morgan fingerprint density at radius 1 is 1.18 bits per heavy atom. The number of rotatable bonds is 4. The molecule has 3 rings (SSSR count). The normalized spacial score (nSPS) is 13.5. The van der Waals surface area contributed by atoms with Gasteiger partial charge in [-0.3, -0.25) is 14.3 Å². The van der Waals surface area contributed by atoms with Crippen LogP contribution >= 0.6 is 11.8 Å². The molecule has 2 aromatic rings. The summed E-state index contributed by atoms with van der Waals surface area (Å²) in [5.41, 5.74) is 1.10. The summed E-state index contributed by atoms with van der Waals surface area (Å²) in [4.78, 5) is 24.7. The van der Waals surface area contributed by atoms with Crippen LogP contribution in [-0.2, 0) is 21.2 Å². The van der Waals surface area contributed by atoms with Crippen LogP contribution in [0.4, 0.5) is 20.6 Å². The first-order chi connectivity index (χ1) is 13.2. The Labute approximate surface area is 166 Å². The van der Waals surface area contributed by atoms with E-state index in [0.29, 0.717) is 22.6 Å². The summed E-state index contributed by atoms with van der Waals surface area (Å²) >= 11 is 1.01. The first-order valence-corrected chi connectivity index (χ1v) is 10.6. The van der Waals surface area contributed by atoms with Gasteiger partial charge in [0.05, 0.1) is 0 Å². The number of hydrogen-bond donors (Lipinski definition) is 2. The summed E-state index contributed by atoms with van der Waals surface area (Å²) in [6, 6.07) is 8.46. The van der Waals surface area contributed by atoms with E-state index in [1.165, 1.54) is 23.1 Å². The number of fused-ring (bicyclic) bond motifs is 1. The molecule has 0 unspecified atom stereocenters. The predicted molar refractivity (Wildman–Crippen MR) is 106 cm³/mol. The molecule has 10 heteroatoms. The number of sulfonamides is 1. The number of nitrogens with zero attached hydrogens (tertiary/aromatic N) is 1. The largest absolute Gasteiger partial charge is 0.339 e. The Hall–Kier alpha value is -2.59. The van der Waals surface area contributed by atoms with Crippen molar-refractivity contribution >= 4 is 44.3 Å². The summed E-state index contributed by atoms with van der Waals surface area (Å²) in [7, 11) is -0.889. The van der Waals surface area contributed by atoms with E-state index in [2.05, 4.69) is 10.0 Å². The number of carbonyl (C=O) groups excluding carboxylic acids is 2. The lowest BCUT2D eigenvalue weighted by molar-refractivity contribution is -0.116. The highest BCUT2D eigenvalue weighted by atomic mass is 32.2. The molecule has 148 valence electrons. The Kier molecular flexibility index (Phi) is 5.61. The van der Waals surface area contributed by atoms with E-state index in [1.807, 2.05) is 0 Å². The molecule has 0 aliphatic carbocycles. The highest BCUT2D eigenvalue weighted by molar-refractivity contribution is 8.13. The first-order valence-electron chi connectivity index (χ1n) is 8.30. The van der Waals surface area contributed by atoms with Crippen LogP contribution in [0.2, 0.25) is 0 Å². The molecule has 0 saturated carbocycles. The maximum atomic E-state index is 14.4. The fourth-order valence-corrected chi connectivity index (χ4v) is 4.40. The van der Waals surface area contributed by atoms with E-state index in [9.17, 15) is 22.4 Å². The van der Waals surface area contributed by atoms with Gasteiger partial charge in [-0.25, -0.2) is 12.8 Å². The molecular formula is C18H18FN3O4S2. The number of nitrogens with one attached hydrogen (secondary N) is 2. The van der Waals surface area contributed by atoms with Crippen molar-refractivity contribution in [2.24, 2.45) is 0 Å². The third kappa shape index (κ3) is 4.45. The van der Waals surface area contributed by atoms with Crippen LogP contribution in [0.15, 0.2) is 46.2 Å². The number of amides is 2. The van der Waals surface area contributed by atoms with E-state index in [1.54, 1.807) is 26.2 Å². The van der Waals surface area contributed by atoms with Crippen molar-refractivity contribution in [3.8, 4) is 0 Å². The highest BCUT2D eigenvalue weighted by Gasteiger charge is 2.24. The third-order valence-corrected chi connectivity index (χ3v) is 6.46. The summed E-state index contributed by atoms with van der Waals surface area (Å²) in [5.74, 6) is -1.18. The van der Waals surface area contributed by atoms with Gasteiger partial charge in [-0.15, -0.1) is 0 Å². The van der Waals surface area contributed by atoms with Crippen molar-refractivity contribution in [3.05, 3.63) is 47.8 Å². The van der Waals surface area contributed by atoms with Crippen LogP contribution in [0.25, 0.3) is 0 Å². The van der Waals surface area contributed by atoms with Gasteiger partial charge in [0.15, 0.2) is 0 Å². The third-order valence-electron chi connectivity index (χ3n) is 4.02. The maximum Gasteiger partial charge on any atom is 0.285 e. The molecule has 1 aliphatic rings. The topological polar surface area (TPSA) is 95.6 Å². The molecule has 0 saturated heterocycles. The lowest BCUT2D eigenvalue weighted by Gasteiger charge is -2.18. The number of anilines is 2. The highest BCUT2D eigenvalue weighted by Crippen LogP contribution is 2.29. The van der Waals surface area contributed by atoms with Gasteiger partial charge in [0, 0.05) is 36.8 Å². The van der Waals surface area contributed by atoms with Crippen molar-refractivity contribution in [1.29, 1.82) is 0 Å². The molecule has 0 atom stereocenters.